The molecular weight excluding hydrogens is 324 g/mol. The zero-order valence-electron chi connectivity index (χ0n) is 13.0. The lowest BCUT2D eigenvalue weighted by molar-refractivity contribution is -0.384. The molecule has 0 heterocycles. The Morgan fingerprint density at radius 2 is 1.96 bits per heavy atom. The summed E-state index contributed by atoms with van der Waals surface area (Å²) in [5, 5.41) is 22.2. The highest BCUT2D eigenvalue weighted by molar-refractivity contribution is 5.97. The van der Waals surface area contributed by atoms with Crippen molar-refractivity contribution in [2.75, 3.05) is 0 Å². The number of amides is 2. The standard InChI is InChI=1S/C17H14N4O4/c18-10-12-4-1-3-11(7-12)8-15(16(19)22)20-17(23)13-5-2-6-14(9-13)21(24)25/h1-7,9,15H,8H2,(H2,19,22)(H,20,23)/t15-/m0/s1. The van der Waals surface area contributed by atoms with Gasteiger partial charge < -0.3 is 11.1 Å². The van der Waals surface area contributed by atoms with E-state index in [2.05, 4.69) is 5.32 Å². The Hall–Kier alpha value is -3.73. The molecule has 8 heteroatoms. The molecule has 0 aliphatic heterocycles. The zero-order chi connectivity index (χ0) is 18.4. The highest BCUT2D eigenvalue weighted by Crippen LogP contribution is 2.14. The Morgan fingerprint density at radius 3 is 2.60 bits per heavy atom. The second-order valence-corrected chi connectivity index (χ2v) is 5.25. The molecule has 1 atom stereocenters. The smallest absolute Gasteiger partial charge is 0.270 e. The van der Waals surface area contributed by atoms with Crippen molar-refractivity contribution in [1.82, 2.24) is 5.32 Å². The minimum Gasteiger partial charge on any atom is -0.368 e. The van der Waals surface area contributed by atoms with Gasteiger partial charge in [0.1, 0.15) is 6.04 Å². The van der Waals surface area contributed by atoms with Crippen molar-refractivity contribution in [3.8, 4) is 6.07 Å². The minimum absolute atomic E-state index is 0.0474. The summed E-state index contributed by atoms with van der Waals surface area (Å²) in [7, 11) is 0. The molecule has 2 aromatic rings. The van der Waals surface area contributed by atoms with E-state index in [0.29, 0.717) is 11.1 Å². The number of nitrogens with two attached hydrogens (primary N) is 1. The van der Waals surface area contributed by atoms with Gasteiger partial charge in [-0.25, -0.2) is 0 Å². The number of nitro groups is 1. The molecule has 0 saturated carbocycles. The average molecular weight is 338 g/mol. The highest BCUT2D eigenvalue weighted by Gasteiger charge is 2.20. The van der Waals surface area contributed by atoms with Gasteiger partial charge in [0.05, 0.1) is 16.6 Å². The number of non-ortho nitro benzene ring substituents is 1. The van der Waals surface area contributed by atoms with Gasteiger partial charge in [0.15, 0.2) is 0 Å². The fourth-order valence-corrected chi connectivity index (χ4v) is 2.23. The molecule has 126 valence electrons. The van der Waals surface area contributed by atoms with Crippen LogP contribution in [-0.2, 0) is 11.2 Å². The molecule has 0 aliphatic carbocycles. The Kier molecular flexibility index (Phi) is 5.43. The van der Waals surface area contributed by atoms with Crippen molar-refractivity contribution in [2.45, 2.75) is 12.5 Å². The third-order valence-electron chi connectivity index (χ3n) is 3.46. The Labute approximate surface area is 143 Å². The van der Waals surface area contributed by atoms with E-state index in [1.807, 2.05) is 6.07 Å². The van der Waals surface area contributed by atoms with Crippen molar-refractivity contribution < 1.29 is 14.5 Å². The number of primary amides is 1. The zero-order valence-corrected chi connectivity index (χ0v) is 13.0. The van der Waals surface area contributed by atoms with Crippen LogP contribution in [0.2, 0.25) is 0 Å². The van der Waals surface area contributed by atoms with E-state index < -0.39 is 22.8 Å². The molecule has 0 aliphatic rings. The van der Waals surface area contributed by atoms with E-state index in [0.717, 1.165) is 6.07 Å². The lowest BCUT2D eigenvalue weighted by Gasteiger charge is -2.15. The van der Waals surface area contributed by atoms with Gasteiger partial charge in [-0.3, -0.25) is 19.7 Å². The van der Waals surface area contributed by atoms with Crippen molar-refractivity contribution in [3.05, 3.63) is 75.3 Å². The van der Waals surface area contributed by atoms with Gasteiger partial charge in [-0.2, -0.15) is 5.26 Å². The molecule has 2 aromatic carbocycles. The van der Waals surface area contributed by atoms with Crippen molar-refractivity contribution >= 4 is 17.5 Å². The second kappa shape index (κ2) is 7.70. The molecule has 0 unspecified atom stereocenters. The maximum atomic E-state index is 12.3. The molecule has 2 amide bonds. The fraction of sp³-hybridized carbons (Fsp3) is 0.118. The number of nitriles is 1. The first-order chi connectivity index (χ1) is 11.9. The van der Waals surface area contributed by atoms with Crippen molar-refractivity contribution in [1.29, 1.82) is 5.26 Å². The van der Waals surface area contributed by atoms with Crippen LogP contribution >= 0.6 is 0 Å². The van der Waals surface area contributed by atoms with Crippen molar-refractivity contribution in [3.63, 3.8) is 0 Å². The van der Waals surface area contributed by atoms with Crippen LogP contribution in [0.25, 0.3) is 0 Å². The average Bonchev–Trinajstić information content (AvgIpc) is 2.61. The van der Waals surface area contributed by atoms with E-state index >= 15 is 0 Å². The lowest BCUT2D eigenvalue weighted by atomic mass is 10.0. The van der Waals surface area contributed by atoms with E-state index in [9.17, 15) is 19.7 Å². The number of nitrogens with zero attached hydrogens (tertiary/aromatic N) is 2. The number of nitro benzene ring substituents is 1. The maximum absolute atomic E-state index is 12.3. The van der Waals surface area contributed by atoms with Gasteiger partial charge in [-0.05, 0) is 23.8 Å². The largest absolute Gasteiger partial charge is 0.368 e. The second-order valence-electron chi connectivity index (χ2n) is 5.25. The lowest BCUT2D eigenvalue weighted by Crippen LogP contribution is -2.45. The molecular formula is C17H14N4O4. The number of rotatable bonds is 6. The Balaban J connectivity index is 2.17. The van der Waals surface area contributed by atoms with E-state index in [-0.39, 0.29) is 17.7 Å². The van der Waals surface area contributed by atoms with Crippen LogP contribution in [0.4, 0.5) is 5.69 Å². The number of carbonyl (C=O) groups is 2. The molecule has 0 spiro atoms. The fourth-order valence-electron chi connectivity index (χ4n) is 2.23. The van der Waals surface area contributed by atoms with Gasteiger partial charge >= 0.3 is 0 Å². The Bertz CT molecular complexity index is 873. The third-order valence-corrected chi connectivity index (χ3v) is 3.46. The predicted octanol–water partition coefficient (Wildman–Crippen LogP) is 1.29. The van der Waals surface area contributed by atoms with Crippen LogP contribution in [-0.4, -0.2) is 22.8 Å². The summed E-state index contributed by atoms with van der Waals surface area (Å²) in [5.74, 6) is -1.40. The first-order valence-corrected chi connectivity index (χ1v) is 7.24. The molecule has 2 rings (SSSR count). The predicted molar refractivity (Wildman–Crippen MR) is 88.4 cm³/mol. The molecule has 0 aromatic heterocycles. The van der Waals surface area contributed by atoms with Crippen LogP contribution in [0.5, 0.6) is 0 Å². The first-order valence-electron chi connectivity index (χ1n) is 7.24. The van der Waals surface area contributed by atoms with Gasteiger partial charge in [0, 0.05) is 24.1 Å². The van der Waals surface area contributed by atoms with Crippen LogP contribution < -0.4 is 11.1 Å². The van der Waals surface area contributed by atoms with Gasteiger partial charge in [0.25, 0.3) is 11.6 Å². The molecule has 8 nitrogen and oxygen atoms in total. The summed E-state index contributed by atoms with van der Waals surface area (Å²) in [6.07, 6.45) is 0.103. The molecule has 25 heavy (non-hydrogen) atoms. The first kappa shape index (κ1) is 17.6. The van der Waals surface area contributed by atoms with E-state index in [1.165, 1.54) is 18.2 Å². The van der Waals surface area contributed by atoms with Gasteiger partial charge in [0.2, 0.25) is 5.91 Å². The number of benzene rings is 2. The number of nitrogens with one attached hydrogen (secondary N) is 1. The summed E-state index contributed by atoms with van der Waals surface area (Å²) in [5.41, 5.74) is 6.23. The van der Waals surface area contributed by atoms with Gasteiger partial charge in [-0.1, -0.05) is 18.2 Å². The SMILES string of the molecule is N#Cc1cccc(C[C@H](NC(=O)c2cccc([N+](=O)[O-])c2)C(N)=O)c1. The Morgan fingerprint density at radius 1 is 1.24 bits per heavy atom. The maximum Gasteiger partial charge on any atom is 0.270 e. The van der Waals surface area contributed by atoms with Gasteiger partial charge in [-0.15, -0.1) is 0 Å². The number of hydrogen-bond acceptors (Lipinski definition) is 5. The summed E-state index contributed by atoms with van der Waals surface area (Å²) in [6.45, 7) is 0. The van der Waals surface area contributed by atoms with E-state index in [1.54, 1.807) is 24.3 Å². The van der Waals surface area contributed by atoms with Crippen molar-refractivity contribution in [2.24, 2.45) is 5.73 Å². The molecule has 0 radical (unpaired) electrons. The topological polar surface area (TPSA) is 139 Å². The highest BCUT2D eigenvalue weighted by atomic mass is 16.6. The summed E-state index contributed by atoms with van der Waals surface area (Å²) in [6, 6.07) is 12.7. The third kappa shape index (κ3) is 4.62. The summed E-state index contributed by atoms with van der Waals surface area (Å²) >= 11 is 0. The van der Waals surface area contributed by atoms with Crippen LogP contribution in [0.1, 0.15) is 21.5 Å². The summed E-state index contributed by atoms with van der Waals surface area (Å²) < 4.78 is 0. The van der Waals surface area contributed by atoms with Crippen LogP contribution in [0.3, 0.4) is 0 Å². The molecule has 0 fully saturated rings. The number of carbonyl (C=O) groups excluding carboxylic acids is 2. The molecule has 0 saturated heterocycles. The van der Waals surface area contributed by atoms with E-state index in [4.69, 9.17) is 11.0 Å². The summed E-state index contributed by atoms with van der Waals surface area (Å²) in [4.78, 5) is 34.1. The van der Waals surface area contributed by atoms with Crippen LogP contribution in [0, 0.1) is 21.4 Å². The molecule has 0 bridgehead atoms. The minimum atomic E-state index is -1.01. The molecule has 3 N–H and O–H groups in total. The normalized spacial score (nSPS) is 11.2. The quantitative estimate of drug-likeness (QED) is 0.603. The number of hydrogen-bond donors (Lipinski definition) is 2. The van der Waals surface area contributed by atoms with Crippen LogP contribution in [0.15, 0.2) is 48.5 Å². The monoisotopic (exact) mass is 338 g/mol.